The predicted octanol–water partition coefficient (Wildman–Crippen LogP) is 0.565. The van der Waals surface area contributed by atoms with Gasteiger partial charge in [-0.05, 0) is 12.1 Å². The summed E-state index contributed by atoms with van der Waals surface area (Å²) < 4.78 is 2.00. The second-order valence-corrected chi connectivity index (χ2v) is 3.25. The van der Waals surface area contributed by atoms with Crippen molar-refractivity contribution in [3.8, 4) is 5.69 Å². The molecule has 0 fully saturated rings. The summed E-state index contributed by atoms with van der Waals surface area (Å²) in [4.78, 5) is 4.01. The average molecular weight is 188 g/mol. The zero-order valence-corrected chi connectivity index (χ0v) is 8.22. The van der Waals surface area contributed by atoms with Crippen LogP contribution in [-0.4, -0.2) is 16.6 Å². The number of aromatic nitrogens is 2. The third-order valence-corrected chi connectivity index (χ3v) is 2.18. The van der Waals surface area contributed by atoms with Gasteiger partial charge in [0.2, 0.25) is 0 Å². The molecule has 2 N–H and O–H groups in total. The van der Waals surface area contributed by atoms with Crippen molar-refractivity contribution < 1.29 is 5.32 Å². The molecule has 0 amide bonds. The Morgan fingerprint density at radius 3 is 2.64 bits per heavy atom. The third kappa shape index (κ3) is 1.83. The molecule has 0 saturated heterocycles. The molecule has 0 bridgehead atoms. The number of hydrogen-bond acceptors (Lipinski definition) is 1. The van der Waals surface area contributed by atoms with E-state index < -0.39 is 0 Å². The van der Waals surface area contributed by atoms with Crippen LogP contribution in [0.5, 0.6) is 0 Å². The van der Waals surface area contributed by atoms with E-state index >= 15 is 0 Å². The first kappa shape index (κ1) is 8.97. The van der Waals surface area contributed by atoms with Gasteiger partial charge in [-0.1, -0.05) is 12.1 Å². The lowest BCUT2D eigenvalue weighted by molar-refractivity contribution is -0.643. The first-order valence-corrected chi connectivity index (χ1v) is 4.75. The van der Waals surface area contributed by atoms with Crippen molar-refractivity contribution in [3.63, 3.8) is 0 Å². The van der Waals surface area contributed by atoms with E-state index in [0.29, 0.717) is 0 Å². The summed E-state index contributed by atoms with van der Waals surface area (Å²) in [7, 11) is 2.07. The molecule has 2 aromatic rings. The van der Waals surface area contributed by atoms with Gasteiger partial charge >= 0.3 is 0 Å². The van der Waals surface area contributed by atoms with Gasteiger partial charge in [0.25, 0.3) is 0 Å². The minimum Gasteiger partial charge on any atom is -0.345 e. The SMILES string of the molecule is C[NH2+]Cc1ccc(-n2ccnc2)cc1. The topological polar surface area (TPSA) is 34.4 Å². The highest BCUT2D eigenvalue weighted by Crippen LogP contribution is 2.08. The van der Waals surface area contributed by atoms with Gasteiger partial charge in [0.1, 0.15) is 6.54 Å². The molecule has 0 unspecified atom stereocenters. The highest BCUT2D eigenvalue weighted by Gasteiger charge is 1.96. The second-order valence-electron chi connectivity index (χ2n) is 3.25. The molecule has 2 rings (SSSR count). The van der Waals surface area contributed by atoms with Crippen LogP contribution >= 0.6 is 0 Å². The fraction of sp³-hybridized carbons (Fsp3) is 0.182. The summed E-state index contributed by atoms with van der Waals surface area (Å²) in [5.74, 6) is 0. The molecular formula is C11H14N3+. The van der Waals surface area contributed by atoms with Crippen molar-refractivity contribution in [3.05, 3.63) is 48.5 Å². The van der Waals surface area contributed by atoms with E-state index in [1.807, 2.05) is 10.8 Å². The third-order valence-electron chi connectivity index (χ3n) is 2.18. The van der Waals surface area contributed by atoms with Crippen LogP contribution < -0.4 is 5.32 Å². The Bertz CT molecular complexity index is 375. The molecule has 3 nitrogen and oxygen atoms in total. The van der Waals surface area contributed by atoms with Gasteiger partial charge in [0.05, 0.1) is 13.4 Å². The molecule has 0 saturated carbocycles. The lowest BCUT2D eigenvalue weighted by Crippen LogP contribution is -2.77. The number of rotatable bonds is 3. The number of hydrogen-bond donors (Lipinski definition) is 1. The van der Waals surface area contributed by atoms with Crippen molar-refractivity contribution in [1.29, 1.82) is 0 Å². The Hall–Kier alpha value is -1.61. The Kier molecular flexibility index (Phi) is 2.60. The molecule has 3 heteroatoms. The van der Waals surface area contributed by atoms with Crippen molar-refractivity contribution in [2.75, 3.05) is 7.05 Å². The lowest BCUT2D eigenvalue weighted by Gasteiger charge is -2.02. The molecule has 0 spiro atoms. The van der Waals surface area contributed by atoms with Gasteiger partial charge < -0.3 is 9.88 Å². The smallest absolute Gasteiger partial charge is 0.101 e. The van der Waals surface area contributed by atoms with E-state index in [1.54, 1.807) is 12.5 Å². The molecule has 1 heterocycles. The monoisotopic (exact) mass is 188 g/mol. The van der Waals surface area contributed by atoms with E-state index in [1.165, 1.54) is 5.56 Å². The zero-order chi connectivity index (χ0) is 9.80. The van der Waals surface area contributed by atoms with E-state index in [2.05, 4.69) is 41.6 Å². The van der Waals surface area contributed by atoms with Gasteiger partial charge in [-0.15, -0.1) is 0 Å². The maximum atomic E-state index is 4.01. The Labute approximate surface area is 83.4 Å². The number of nitrogens with two attached hydrogens (primary N) is 1. The van der Waals surface area contributed by atoms with Crippen LogP contribution in [0.2, 0.25) is 0 Å². The maximum absolute atomic E-state index is 4.01. The summed E-state index contributed by atoms with van der Waals surface area (Å²) >= 11 is 0. The molecule has 1 aromatic heterocycles. The van der Waals surface area contributed by atoms with E-state index in [9.17, 15) is 0 Å². The van der Waals surface area contributed by atoms with E-state index in [0.717, 1.165) is 12.2 Å². The molecule has 0 aliphatic rings. The summed E-state index contributed by atoms with van der Waals surface area (Å²) in [5, 5.41) is 2.16. The average Bonchev–Trinajstić information content (AvgIpc) is 2.72. The fourth-order valence-corrected chi connectivity index (χ4v) is 1.45. The molecule has 0 radical (unpaired) electrons. The van der Waals surface area contributed by atoms with Crippen molar-refractivity contribution >= 4 is 0 Å². The Balaban J connectivity index is 2.22. The second kappa shape index (κ2) is 4.07. The number of quaternary nitrogens is 1. The maximum Gasteiger partial charge on any atom is 0.101 e. The molecule has 0 aliphatic carbocycles. The van der Waals surface area contributed by atoms with E-state index in [4.69, 9.17) is 0 Å². The minimum atomic E-state index is 1.03. The molecule has 0 aliphatic heterocycles. The predicted molar refractivity (Wildman–Crippen MR) is 55.1 cm³/mol. The summed E-state index contributed by atoms with van der Waals surface area (Å²) in [6.45, 7) is 1.03. The van der Waals surface area contributed by atoms with Gasteiger partial charge in [-0.3, -0.25) is 0 Å². The van der Waals surface area contributed by atoms with Gasteiger partial charge in [-0.2, -0.15) is 0 Å². The van der Waals surface area contributed by atoms with Crippen LogP contribution in [-0.2, 0) is 6.54 Å². The summed E-state index contributed by atoms with van der Waals surface area (Å²) in [5.41, 5.74) is 2.50. The number of benzene rings is 1. The first-order chi connectivity index (χ1) is 6.90. The van der Waals surface area contributed by atoms with Crippen LogP contribution in [0.25, 0.3) is 5.69 Å². The molecule has 72 valence electrons. The van der Waals surface area contributed by atoms with Crippen LogP contribution in [0.4, 0.5) is 0 Å². The number of nitrogens with zero attached hydrogens (tertiary/aromatic N) is 2. The highest BCUT2D eigenvalue weighted by atomic mass is 15.0. The molecule has 0 atom stereocenters. The molecule has 14 heavy (non-hydrogen) atoms. The fourth-order valence-electron chi connectivity index (χ4n) is 1.45. The standard InChI is InChI=1S/C11H13N3/c1-12-8-10-2-4-11(5-3-10)14-7-6-13-9-14/h2-7,9,12H,8H2,1H3/p+1. The van der Waals surface area contributed by atoms with Gasteiger partial charge in [0.15, 0.2) is 0 Å². The first-order valence-electron chi connectivity index (χ1n) is 4.75. The quantitative estimate of drug-likeness (QED) is 0.750. The number of imidazole rings is 1. The lowest BCUT2D eigenvalue weighted by atomic mass is 10.2. The summed E-state index contributed by atoms with van der Waals surface area (Å²) in [6, 6.07) is 8.52. The zero-order valence-electron chi connectivity index (χ0n) is 8.22. The van der Waals surface area contributed by atoms with Crippen molar-refractivity contribution in [2.45, 2.75) is 6.54 Å². The van der Waals surface area contributed by atoms with Gasteiger partial charge in [-0.25, -0.2) is 4.98 Å². The van der Waals surface area contributed by atoms with Crippen LogP contribution in [0.3, 0.4) is 0 Å². The minimum absolute atomic E-state index is 1.03. The van der Waals surface area contributed by atoms with Crippen molar-refractivity contribution in [1.82, 2.24) is 9.55 Å². The molecule has 1 aromatic carbocycles. The summed E-state index contributed by atoms with van der Waals surface area (Å²) in [6.07, 6.45) is 5.54. The highest BCUT2D eigenvalue weighted by molar-refractivity contribution is 5.34. The largest absolute Gasteiger partial charge is 0.345 e. The normalized spacial score (nSPS) is 10.4. The van der Waals surface area contributed by atoms with Crippen LogP contribution in [0.1, 0.15) is 5.56 Å². The Morgan fingerprint density at radius 1 is 1.29 bits per heavy atom. The van der Waals surface area contributed by atoms with Crippen LogP contribution in [0.15, 0.2) is 43.0 Å². The van der Waals surface area contributed by atoms with E-state index in [-0.39, 0.29) is 0 Å². The molecular weight excluding hydrogens is 174 g/mol. The van der Waals surface area contributed by atoms with Crippen LogP contribution in [0, 0.1) is 0 Å². The van der Waals surface area contributed by atoms with Crippen molar-refractivity contribution in [2.24, 2.45) is 0 Å². The Morgan fingerprint density at radius 2 is 2.07 bits per heavy atom. The van der Waals surface area contributed by atoms with Gasteiger partial charge in [0, 0.05) is 23.6 Å².